The Balaban J connectivity index is 0.00000132. The Morgan fingerprint density at radius 3 is 2.78 bits per heavy atom. The Bertz CT molecular complexity index is 645. The van der Waals surface area contributed by atoms with E-state index in [1.54, 1.807) is 11.8 Å². The predicted octanol–water partition coefficient (Wildman–Crippen LogP) is 2.08. The van der Waals surface area contributed by atoms with Crippen molar-refractivity contribution in [3.63, 3.8) is 0 Å². The maximum Gasteiger partial charge on any atom is 0.240 e. The van der Waals surface area contributed by atoms with Crippen molar-refractivity contribution < 1.29 is 4.79 Å². The van der Waals surface area contributed by atoms with Crippen molar-refractivity contribution in [2.24, 2.45) is 5.92 Å². The summed E-state index contributed by atoms with van der Waals surface area (Å²) >= 11 is 1.72. The highest BCUT2D eigenvalue weighted by Crippen LogP contribution is 2.18. The van der Waals surface area contributed by atoms with Crippen molar-refractivity contribution >= 4 is 53.5 Å². The van der Waals surface area contributed by atoms with Gasteiger partial charge in [0.05, 0.1) is 16.8 Å². The summed E-state index contributed by atoms with van der Waals surface area (Å²) in [5, 5.41) is 6.23. The van der Waals surface area contributed by atoms with Crippen LogP contribution in [0.4, 0.5) is 0 Å². The topological polar surface area (TPSA) is 59.0 Å². The first-order valence-corrected chi connectivity index (χ1v) is 8.58. The molecule has 0 unspecified atom stereocenters. The number of thioether (sulfide) groups is 1. The highest BCUT2D eigenvalue weighted by Gasteiger charge is 2.18. The molecule has 23 heavy (non-hydrogen) atoms. The lowest BCUT2D eigenvalue weighted by Crippen LogP contribution is -2.48. The lowest BCUT2D eigenvalue weighted by molar-refractivity contribution is -0.121. The number of halogens is 2. The van der Waals surface area contributed by atoms with E-state index in [9.17, 15) is 4.79 Å². The molecule has 3 rings (SSSR count). The molecule has 0 radical (unpaired) electrons. The minimum atomic E-state index is 0. The summed E-state index contributed by atoms with van der Waals surface area (Å²) < 4.78 is 2.03. The number of nitrogens with zero attached hydrogens (tertiary/aromatic N) is 2. The minimum Gasteiger partial charge on any atom is -0.354 e. The van der Waals surface area contributed by atoms with Gasteiger partial charge in [-0.3, -0.25) is 4.79 Å². The van der Waals surface area contributed by atoms with Gasteiger partial charge >= 0.3 is 0 Å². The zero-order chi connectivity index (χ0) is 14.7. The number of hydrogen-bond donors (Lipinski definition) is 2. The maximum atomic E-state index is 12.2. The highest BCUT2D eigenvalue weighted by atomic mass is 35.5. The molecule has 1 aromatic carbocycles. The van der Waals surface area contributed by atoms with Crippen LogP contribution in [0.3, 0.4) is 0 Å². The third-order valence-electron chi connectivity index (χ3n) is 3.76. The van der Waals surface area contributed by atoms with Gasteiger partial charge in [-0.25, -0.2) is 4.98 Å². The number of aromatic nitrogens is 2. The summed E-state index contributed by atoms with van der Waals surface area (Å²) in [5.74, 6) is 2.42. The van der Waals surface area contributed by atoms with E-state index in [1.165, 1.54) is 0 Å². The van der Waals surface area contributed by atoms with E-state index in [4.69, 9.17) is 0 Å². The molecule has 8 heteroatoms. The average Bonchev–Trinajstić information content (AvgIpc) is 2.76. The Labute approximate surface area is 152 Å². The molecule has 2 heterocycles. The Morgan fingerprint density at radius 2 is 2.13 bits per heavy atom. The molecule has 1 aromatic heterocycles. The first-order valence-electron chi connectivity index (χ1n) is 7.18. The molecule has 1 fully saturated rings. The van der Waals surface area contributed by atoms with Gasteiger partial charge in [0, 0.05) is 25.6 Å². The smallest absolute Gasteiger partial charge is 0.240 e. The van der Waals surface area contributed by atoms with Gasteiger partial charge < -0.3 is 15.2 Å². The number of fused-ring (bicyclic) bond motifs is 1. The largest absolute Gasteiger partial charge is 0.354 e. The number of imidazole rings is 1. The molecule has 0 spiro atoms. The van der Waals surface area contributed by atoms with Crippen LogP contribution >= 0.6 is 36.6 Å². The zero-order valence-corrected chi connectivity index (χ0v) is 15.4. The third-order valence-corrected chi connectivity index (χ3v) is 4.31. The van der Waals surface area contributed by atoms with Crippen molar-refractivity contribution in [1.82, 2.24) is 20.2 Å². The molecular weight excluding hydrogens is 355 g/mol. The number of hydrogen-bond acceptors (Lipinski definition) is 4. The van der Waals surface area contributed by atoms with Gasteiger partial charge in [0.2, 0.25) is 5.91 Å². The lowest BCUT2D eigenvalue weighted by Gasteiger charge is -2.27. The molecule has 2 aromatic rings. The van der Waals surface area contributed by atoms with Gasteiger partial charge in [-0.1, -0.05) is 12.1 Å². The first kappa shape index (κ1) is 20.1. The van der Waals surface area contributed by atoms with Crippen LogP contribution in [0.1, 0.15) is 5.82 Å². The van der Waals surface area contributed by atoms with Crippen molar-refractivity contribution in [2.75, 3.05) is 25.9 Å². The highest BCUT2D eigenvalue weighted by molar-refractivity contribution is 7.97. The van der Waals surface area contributed by atoms with Crippen molar-refractivity contribution in [2.45, 2.75) is 12.3 Å². The summed E-state index contributed by atoms with van der Waals surface area (Å²) in [6.07, 6.45) is 2.05. The van der Waals surface area contributed by atoms with Crippen LogP contribution < -0.4 is 10.6 Å². The van der Waals surface area contributed by atoms with Gasteiger partial charge in [-0.2, -0.15) is 11.8 Å². The van der Waals surface area contributed by atoms with E-state index >= 15 is 0 Å². The minimum absolute atomic E-state index is 0. The summed E-state index contributed by atoms with van der Waals surface area (Å²) in [5.41, 5.74) is 1.99. The molecule has 1 amide bonds. The number of carbonyl (C=O) groups is 1. The number of benzene rings is 1. The Morgan fingerprint density at radius 1 is 1.39 bits per heavy atom. The van der Waals surface area contributed by atoms with Crippen LogP contribution in [0.25, 0.3) is 11.0 Å². The number of nitrogens with one attached hydrogen (secondary N) is 2. The van der Waals surface area contributed by atoms with Crippen LogP contribution in [0.5, 0.6) is 0 Å². The molecule has 128 valence electrons. The second kappa shape index (κ2) is 9.37. The molecular formula is C15H22Cl2N4OS. The van der Waals surface area contributed by atoms with E-state index < -0.39 is 0 Å². The van der Waals surface area contributed by atoms with Crippen LogP contribution in [-0.2, 0) is 17.1 Å². The SMILES string of the molecule is CSCc1nc2ccccc2n1CC(=O)NCC1CNC1.Cl.Cl. The summed E-state index contributed by atoms with van der Waals surface area (Å²) in [7, 11) is 0. The zero-order valence-electron chi connectivity index (χ0n) is 12.9. The van der Waals surface area contributed by atoms with Crippen LogP contribution in [0.15, 0.2) is 24.3 Å². The molecule has 0 aliphatic carbocycles. The standard InChI is InChI=1S/C15H20N4OS.2ClH/c1-21-10-14-18-12-4-2-3-5-13(12)19(14)9-15(20)17-8-11-6-16-7-11;;/h2-5,11,16H,6-10H2,1H3,(H,17,20);2*1H. The van der Waals surface area contributed by atoms with E-state index in [2.05, 4.69) is 15.6 Å². The molecule has 0 saturated carbocycles. The van der Waals surface area contributed by atoms with E-state index in [0.29, 0.717) is 12.5 Å². The number of para-hydroxylation sites is 2. The van der Waals surface area contributed by atoms with Crippen molar-refractivity contribution in [3.8, 4) is 0 Å². The normalized spacial score (nSPS) is 13.8. The Kier molecular flexibility index (Phi) is 8.19. The fraction of sp³-hybridized carbons (Fsp3) is 0.467. The molecule has 5 nitrogen and oxygen atoms in total. The van der Waals surface area contributed by atoms with Gasteiger partial charge in [-0.05, 0) is 18.4 Å². The van der Waals surface area contributed by atoms with Crippen molar-refractivity contribution in [1.29, 1.82) is 0 Å². The predicted molar refractivity (Wildman–Crippen MR) is 101 cm³/mol. The van der Waals surface area contributed by atoms with Gasteiger partial charge in [0.25, 0.3) is 0 Å². The van der Waals surface area contributed by atoms with E-state index in [1.807, 2.05) is 35.1 Å². The maximum absolute atomic E-state index is 12.2. The van der Waals surface area contributed by atoms with Gasteiger partial charge in [0.15, 0.2) is 0 Å². The van der Waals surface area contributed by atoms with E-state index in [0.717, 1.165) is 42.2 Å². The molecule has 1 saturated heterocycles. The second-order valence-electron chi connectivity index (χ2n) is 5.36. The fourth-order valence-corrected chi connectivity index (χ4v) is 2.97. The Hall–Kier alpha value is -0.950. The average molecular weight is 377 g/mol. The first-order chi connectivity index (χ1) is 10.3. The number of amides is 1. The van der Waals surface area contributed by atoms with Gasteiger partial charge in [0.1, 0.15) is 12.4 Å². The lowest BCUT2D eigenvalue weighted by atomic mass is 10.0. The molecule has 1 aliphatic rings. The molecule has 0 bridgehead atoms. The monoisotopic (exact) mass is 376 g/mol. The molecule has 1 aliphatic heterocycles. The quantitative estimate of drug-likeness (QED) is 0.809. The van der Waals surface area contributed by atoms with Crippen LogP contribution in [-0.4, -0.2) is 41.3 Å². The third kappa shape index (κ3) is 4.76. The van der Waals surface area contributed by atoms with E-state index in [-0.39, 0.29) is 30.7 Å². The summed E-state index contributed by atoms with van der Waals surface area (Å²) in [4.78, 5) is 16.8. The number of carbonyl (C=O) groups excluding carboxylic acids is 1. The van der Waals surface area contributed by atoms with Crippen LogP contribution in [0, 0.1) is 5.92 Å². The number of rotatable bonds is 6. The fourth-order valence-electron chi connectivity index (χ4n) is 2.49. The summed E-state index contributed by atoms with van der Waals surface area (Å²) in [6.45, 7) is 3.12. The van der Waals surface area contributed by atoms with Crippen LogP contribution in [0.2, 0.25) is 0 Å². The second-order valence-corrected chi connectivity index (χ2v) is 6.23. The van der Waals surface area contributed by atoms with Gasteiger partial charge in [-0.15, -0.1) is 24.8 Å². The van der Waals surface area contributed by atoms with Crippen molar-refractivity contribution in [3.05, 3.63) is 30.1 Å². The molecule has 0 atom stereocenters. The summed E-state index contributed by atoms with van der Waals surface area (Å²) in [6, 6.07) is 7.98. The molecule has 2 N–H and O–H groups in total.